The van der Waals surface area contributed by atoms with E-state index in [-0.39, 0.29) is 17.9 Å². The highest BCUT2D eigenvalue weighted by Gasteiger charge is 2.38. The summed E-state index contributed by atoms with van der Waals surface area (Å²) in [5.41, 5.74) is 0.910. The molecular weight excluding hydrogens is 279 g/mol. The topological polar surface area (TPSA) is 82.1 Å². The van der Waals surface area contributed by atoms with Gasteiger partial charge in [0.15, 0.2) is 5.82 Å². The third kappa shape index (κ3) is 2.92. The maximum absolute atomic E-state index is 12.3. The molecule has 2 rings (SSSR count). The second-order valence-corrected chi connectivity index (χ2v) is 4.07. The van der Waals surface area contributed by atoms with Crippen molar-refractivity contribution in [3.8, 4) is 0 Å². The summed E-state index contributed by atoms with van der Waals surface area (Å²) in [7, 11) is 0. The highest BCUT2D eigenvalue weighted by atomic mass is 19.4. The van der Waals surface area contributed by atoms with Crippen molar-refractivity contribution in [1.82, 2.24) is 10.1 Å². The quantitative estimate of drug-likeness (QED) is 0.640. The lowest BCUT2D eigenvalue weighted by atomic mass is 10.1. The monoisotopic (exact) mass is 287 g/mol. The minimum atomic E-state index is -4.68. The summed E-state index contributed by atoms with van der Waals surface area (Å²) in [6.07, 6.45) is -4.69. The number of rotatable bonds is 3. The van der Waals surface area contributed by atoms with Crippen molar-refractivity contribution in [2.24, 2.45) is 0 Å². The fraction of sp³-hybridized carbons (Fsp3) is 0.273. The number of hydrogen-bond acceptors (Lipinski definition) is 5. The van der Waals surface area contributed by atoms with Gasteiger partial charge in [-0.05, 0) is 18.6 Å². The van der Waals surface area contributed by atoms with Gasteiger partial charge in [0.05, 0.1) is 4.92 Å². The number of alkyl halides is 3. The normalized spacial score (nSPS) is 11.6. The van der Waals surface area contributed by atoms with Crippen molar-refractivity contribution in [2.75, 3.05) is 0 Å². The molecule has 20 heavy (non-hydrogen) atoms. The molecule has 1 aromatic heterocycles. The van der Waals surface area contributed by atoms with Crippen LogP contribution in [0, 0.1) is 17.0 Å². The van der Waals surface area contributed by atoms with Crippen molar-refractivity contribution in [3.05, 3.63) is 51.2 Å². The maximum Gasteiger partial charge on any atom is 0.471 e. The lowest BCUT2D eigenvalue weighted by Gasteiger charge is -2.00. The van der Waals surface area contributed by atoms with Gasteiger partial charge in [0, 0.05) is 18.1 Å². The van der Waals surface area contributed by atoms with E-state index >= 15 is 0 Å². The zero-order chi connectivity index (χ0) is 14.9. The van der Waals surface area contributed by atoms with Gasteiger partial charge in [-0.1, -0.05) is 11.2 Å². The summed E-state index contributed by atoms with van der Waals surface area (Å²) in [6.45, 7) is 1.54. The Morgan fingerprint density at radius 3 is 2.60 bits per heavy atom. The summed E-state index contributed by atoms with van der Waals surface area (Å²) in [5, 5.41) is 13.9. The van der Waals surface area contributed by atoms with E-state index in [9.17, 15) is 23.3 Å². The molecule has 1 aromatic carbocycles. The van der Waals surface area contributed by atoms with Crippen LogP contribution >= 0.6 is 0 Å². The molecule has 0 unspecified atom stereocenters. The van der Waals surface area contributed by atoms with Gasteiger partial charge in [0.1, 0.15) is 0 Å². The van der Waals surface area contributed by atoms with Gasteiger partial charge in [-0.25, -0.2) is 0 Å². The first-order valence-corrected chi connectivity index (χ1v) is 5.41. The number of hydrogen-bond donors (Lipinski definition) is 0. The van der Waals surface area contributed by atoms with E-state index in [1.807, 2.05) is 0 Å². The largest absolute Gasteiger partial charge is 0.471 e. The Morgan fingerprint density at radius 2 is 2.10 bits per heavy atom. The summed E-state index contributed by atoms with van der Waals surface area (Å²) >= 11 is 0. The Labute approximate surface area is 110 Å². The van der Waals surface area contributed by atoms with Gasteiger partial charge in [0.25, 0.3) is 5.69 Å². The zero-order valence-corrected chi connectivity index (χ0v) is 10.1. The molecule has 0 amide bonds. The Hall–Kier alpha value is -2.45. The van der Waals surface area contributed by atoms with E-state index in [4.69, 9.17) is 0 Å². The van der Waals surface area contributed by atoms with Crippen molar-refractivity contribution >= 4 is 5.69 Å². The van der Waals surface area contributed by atoms with Crippen molar-refractivity contribution in [3.63, 3.8) is 0 Å². The number of nitrogens with zero attached hydrogens (tertiary/aromatic N) is 3. The Morgan fingerprint density at radius 1 is 1.40 bits per heavy atom. The third-order valence-electron chi connectivity index (χ3n) is 2.53. The molecule has 0 aliphatic heterocycles. The number of aryl methyl sites for hydroxylation is 1. The van der Waals surface area contributed by atoms with E-state index < -0.39 is 17.0 Å². The summed E-state index contributed by atoms with van der Waals surface area (Å²) in [6, 6.07) is 4.23. The van der Waals surface area contributed by atoms with Crippen molar-refractivity contribution in [1.29, 1.82) is 0 Å². The second-order valence-electron chi connectivity index (χ2n) is 4.07. The number of halogens is 3. The highest BCUT2D eigenvalue weighted by molar-refractivity contribution is 5.42. The minimum Gasteiger partial charge on any atom is -0.329 e. The van der Waals surface area contributed by atoms with E-state index in [1.54, 1.807) is 6.92 Å². The molecule has 0 saturated carbocycles. The molecule has 0 atom stereocenters. The molecule has 0 fully saturated rings. The van der Waals surface area contributed by atoms with Crippen LogP contribution in [0.1, 0.15) is 22.8 Å². The van der Waals surface area contributed by atoms with Crippen LogP contribution in [0.25, 0.3) is 0 Å². The van der Waals surface area contributed by atoms with Gasteiger partial charge in [-0.2, -0.15) is 18.2 Å². The van der Waals surface area contributed by atoms with Gasteiger partial charge in [-0.15, -0.1) is 0 Å². The third-order valence-corrected chi connectivity index (χ3v) is 2.53. The van der Waals surface area contributed by atoms with E-state index in [1.165, 1.54) is 18.2 Å². The molecule has 0 aliphatic carbocycles. The van der Waals surface area contributed by atoms with Crippen LogP contribution in [0.5, 0.6) is 0 Å². The molecule has 6 nitrogen and oxygen atoms in total. The standard InChI is InChI=1S/C11H8F3N3O3/c1-6-4-7(2-3-8(6)17(18)19)5-9-15-10(20-16-9)11(12,13)14/h2-4H,5H2,1H3. The van der Waals surface area contributed by atoms with E-state index in [0.717, 1.165) is 0 Å². The molecule has 0 aliphatic rings. The SMILES string of the molecule is Cc1cc(Cc2noc(C(F)(F)F)n2)ccc1[N+](=O)[O-]. The van der Waals surface area contributed by atoms with Crippen LogP contribution in [0.2, 0.25) is 0 Å². The van der Waals surface area contributed by atoms with Crippen LogP contribution in [0.4, 0.5) is 18.9 Å². The molecule has 9 heteroatoms. The predicted molar refractivity (Wildman–Crippen MR) is 59.9 cm³/mol. The maximum atomic E-state index is 12.3. The first kappa shape index (κ1) is 14.0. The smallest absolute Gasteiger partial charge is 0.329 e. The lowest BCUT2D eigenvalue weighted by Crippen LogP contribution is -2.05. The number of aromatic nitrogens is 2. The van der Waals surface area contributed by atoms with Gasteiger partial charge in [0.2, 0.25) is 0 Å². The summed E-state index contributed by atoms with van der Waals surface area (Å²) in [5.74, 6) is -1.54. The lowest BCUT2D eigenvalue weighted by molar-refractivity contribution is -0.385. The zero-order valence-electron chi connectivity index (χ0n) is 10.1. The molecule has 0 saturated heterocycles. The average Bonchev–Trinajstić information content (AvgIpc) is 2.76. The van der Waals surface area contributed by atoms with Crippen LogP contribution in [-0.4, -0.2) is 15.1 Å². The molecule has 0 spiro atoms. The van der Waals surface area contributed by atoms with E-state index in [0.29, 0.717) is 11.1 Å². The Kier molecular flexibility index (Phi) is 3.43. The fourth-order valence-electron chi connectivity index (χ4n) is 1.66. The second kappa shape index (κ2) is 4.91. The molecule has 0 radical (unpaired) electrons. The summed E-state index contributed by atoms with van der Waals surface area (Å²) < 4.78 is 40.9. The minimum absolute atomic E-state index is 0.00157. The van der Waals surface area contributed by atoms with Crippen molar-refractivity contribution in [2.45, 2.75) is 19.5 Å². The van der Waals surface area contributed by atoms with E-state index in [2.05, 4.69) is 14.7 Å². The average molecular weight is 287 g/mol. The molecule has 0 N–H and O–H groups in total. The number of nitro groups is 1. The fourth-order valence-corrected chi connectivity index (χ4v) is 1.66. The summed E-state index contributed by atoms with van der Waals surface area (Å²) in [4.78, 5) is 13.3. The predicted octanol–water partition coefficient (Wildman–Crippen LogP) is 2.90. The molecule has 106 valence electrons. The van der Waals surface area contributed by atoms with Gasteiger partial charge in [-0.3, -0.25) is 10.1 Å². The number of benzene rings is 1. The first-order chi connectivity index (χ1) is 9.27. The van der Waals surface area contributed by atoms with Crippen LogP contribution in [-0.2, 0) is 12.6 Å². The van der Waals surface area contributed by atoms with Gasteiger partial charge >= 0.3 is 12.1 Å². The number of nitro benzene ring substituents is 1. The molecule has 2 aromatic rings. The van der Waals surface area contributed by atoms with Crippen LogP contribution in [0.15, 0.2) is 22.7 Å². The molecular formula is C11H8F3N3O3. The Balaban J connectivity index is 2.20. The first-order valence-electron chi connectivity index (χ1n) is 5.41. The molecule has 0 bridgehead atoms. The van der Waals surface area contributed by atoms with Crippen molar-refractivity contribution < 1.29 is 22.6 Å². The molecule has 1 heterocycles. The Bertz CT molecular complexity index is 652. The van der Waals surface area contributed by atoms with Crippen LogP contribution in [0.3, 0.4) is 0 Å². The highest BCUT2D eigenvalue weighted by Crippen LogP contribution is 2.28. The van der Waals surface area contributed by atoms with Gasteiger partial charge < -0.3 is 4.52 Å². The van der Waals surface area contributed by atoms with Crippen LogP contribution < -0.4 is 0 Å².